The maximum Gasteiger partial charge on any atom is 0.233 e. The molecule has 0 saturated carbocycles. The van der Waals surface area contributed by atoms with Gasteiger partial charge in [0, 0.05) is 17.1 Å². The van der Waals surface area contributed by atoms with Crippen LogP contribution in [0.4, 0.5) is 8.78 Å². The Hall–Kier alpha value is -0.990. The molecule has 1 aromatic carbocycles. The lowest BCUT2D eigenvalue weighted by Crippen LogP contribution is -2.15. The van der Waals surface area contributed by atoms with Gasteiger partial charge in [-0.1, -0.05) is 5.16 Å². The SMILES string of the molecule is OC1CSCC1c1nc(-c2ccc(F)c(F)c2Br)no1. The molecule has 0 aliphatic carbocycles. The molecule has 3 rings (SSSR count). The summed E-state index contributed by atoms with van der Waals surface area (Å²) in [5.41, 5.74) is 0.305. The maximum absolute atomic E-state index is 13.5. The Kier molecular flexibility index (Phi) is 3.78. The van der Waals surface area contributed by atoms with E-state index in [1.165, 1.54) is 6.07 Å². The van der Waals surface area contributed by atoms with Crippen molar-refractivity contribution >= 4 is 27.7 Å². The van der Waals surface area contributed by atoms with Crippen molar-refractivity contribution in [1.29, 1.82) is 0 Å². The Balaban J connectivity index is 1.96. The molecule has 106 valence electrons. The second-order valence-electron chi connectivity index (χ2n) is 4.39. The van der Waals surface area contributed by atoms with Crippen LogP contribution in [0.3, 0.4) is 0 Å². The van der Waals surface area contributed by atoms with Gasteiger partial charge in [0.2, 0.25) is 11.7 Å². The van der Waals surface area contributed by atoms with Crippen LogP contribution in [0.5, 0.6) is 0 Å². The normalized spacial score (nSPS) is 22.4. The van der Waals surface area contributed by atoms with E-state index in [1.54, 1.807) is 11.8 Å². The minimum absolute atomic E-state index is 0.0498. The first-order valence-electron chi connectivity index (χ1n) is 5.81. The minimum Gasteiger partial charge on any atom is -0.391 e. The van der Waals surface area contributed by atoms with Crippen LogP contribution in [0.25, 0.3) is 11.4 Å². The van der Waals surface area contributed by atoms with Gasteiger partial charge in [-0.05, 0) is 28.1 Å². The zero-order valence-electron chi connectivity index (χ0n) is 10.0. The summed E-state index contributed by atoms with van der Waals surface area (Å²) < 4.78 is 31.6. The van der Waals surface area contributed by atoms with Crippen LogP contribution in [-0.2, 0) is 0 Å². The van der Waals surface area contributed by atoms with E-state index in [0.717, 1.165) is 6.07 Å². The number of thioether (sulfide) groups is 1. The van der Waals surface area contributed by atoms with Gasteiger partial charge in [-0.2, -0.15) is 16.7 Å². The van der Waals surface area contributed by atoms with Crippen molar-refractivity contribution in [2.75, 3.05) is 11.5 Å². The van der Waals surface area contributed by atoms with Gasteiger partial charge >= 0.3 is 0 Å². The Bertz CT molecular complexity index is 652. The summed E-state index contributed by atoms with van der Waals surface area (Å²) in [6.07, 6.45) is -0.526. The molecule has 1 fully saturated rings. The highest BCUT2D eigenvalue weighted by Gasteiger charge is 2.32. The van der Waals surface area contributed by atoms with E-state index in [0.29, 0.717) is 23.0 Å². The van der Waals surface area contributed by atoms with Crippen molar-refractivity contribution < 1.29 is 18.4 Å². The van der Waals surface area contributed by atoms with Crippen molar-refractivity contribution in [3.63, 3.8) is 0 Å². The molecule has 2 atom stereocenters. The number of rotatable bonds is 2. The van der Waals surface area contributed by atoms with Gasteiger partial charge in [-0.3, -0.25) is 0 Å². The number of aliphatic hydroxyl groups is 1. The lowest BCUT2D eigenvalue weighted by Gasteiger charge is -2.06. The van der Waals surface area contributed by atoms with Crippen LogP contribution < -0.4 is 0 Å². The fraction of sp³-hybridized carbons (Fsp3) is 0.333. The standard InChI is InChI=1S/C12H9BrF2N2O2S/c13-9-5(1-2-7(14)10(9)15)11-16-12(19-17-11)6-3-20-4-8(6)18/h1-2,6,8,18H,3-4H2. The maximum atomic E-state index is 13.5. The molecule has 1 aromatic heterocycles. The molecule has 1 saturated heterocycles. The molecular weight excluding hydrogens is 354 g/mol. The van der Waals surface area contributed by atoms with Crippen LogP contribution in [-0.4, -0.2) is 32.9 Å². The summed E-state index contributed by atoms with van der Waals surface area (Å²) in [7, 11) is 0. The second kappa shape index (κ2) is 5.42. The van der Waals surface area contributed by atoms with Crippen LogP contribution in [0, 0.1) is 11.6 Å². The number of hydrogen-bond donors (Lipinski definition) is 1. The molecule has 8 heteroatoms. The van der Waals surface area contributed by atoms with Gasteiger partial charge in [0.25, 0.3) is 0 Å². The fourth-order valence-electron chi connectivity index (χ4n) is 1.97. The third-order valence-electron chi connectivity index (χ3n) is 3.09. The molecule has 0 radical (unpaired) electrons. The van der Waals surface area contributed by atoms with Gasteiger partial charge in [-0.15, -0.1) is 0 Å². The molecule has 20 heavy (non-hydrogen) atoms. The molecule has 1 aliphatic heterocycles. The molecule has 0 amide bonds. The van der Waals surface area contributed by atoms with Crippen molar-refractivity contribution in [2.24, 2.45) is 0 Å². The molecule has 4 nitrogen and oxygen atoms in total. The van der Waals surface area contributed by atoms with E-state index >= 15 is 0 Å². The summed E-state index contributed by atoms with van der Waals surface area (Å²) >= 11 is 4.58. The van der Waals surface area contributed by atoms with Gasteiger partial charge in [0.1, 0.15) is 0 Å². The minimum atomic E-state index is -0.995. The molecule has 2 unspecified atom stereocenters. The lowest BCUT2D eigenvalue weighted by atomic mass is 10.1. The zero-order valence-corrected chi connectivity index (χ0v) is 12.4. The predicted molar refractivity (Wildman–Crippen MR) is 73.4 cm³/mol. The quantitative estimate of drug-likeness (QED) is 0.832. The first kappa shape index (κ1) is 14.0. The Morgan fingerprint density at radius 1 is 1.35 bits per heavy atom. The first-order chi connectivity index (χ1) is 9.58. The molecule has 2 heterocycles. The molecular formula is C12H9BrF2N2O2S. The van der Waals surface area contributed by atoms with E-state index in [2.05, 4.69) is 26.1 Å². The lowest BCUT2D eigenvalue weighted by molar-refractivity contribution is 0.164. The van der Waals surface area contributed by atoms with Gasteiger partial charge < -0.3 is 9.63 Å². The van der Waals surface area contributed by atoms with Crippen molar-refractivity contribution in [2.45, 2.75) is 12.0 Å². The van der Waals surface area contributed by atoms with Gasteiger partial charge in [0.05, 0.1) is 16.5 Å². The average Bonchev–Trinajstić information content (AvgIpc) is 3.05. The Labute approximate surface area is 125 Å². The van der Waals surface area contributed by atoms with Crippen molar-refractivity contribution in [1.82, 2.24) is 10.1 Å². The van der Waals surface area contributed by atoms with Crippen molar-refractivity contribution in [3.05, 3.63) is 34.1 Å². The van der Waals surface area contributed by atoms with E-state index < -0.39 is 17.7 Å². The van der Waals surface area contributed by atoms with E-state index in [1.807, 2.05) is 0 Å². The topological polar surface area (TPSA) is 59.2 Å². The highest BCUT2D eigenvalue weighted by atomic mass is 79.9. The zero-order chi connectivity index (χ0) is 14.3. The van der Waals surface area contributed by atoms with Gasteiger partial charge in [0.15, 0.2) is 11.6 Å². The summed E-state index contributed by atoms with van der Waals surface area (Å²) in [6.45, 7) is 0. The monoisotopic (exact) mass is 362 g/mol. The van der Waals surface area contributed by atoms with Crippen LogP contribution in [0.15, 0.2) is 21.1 Å². The third kappa shape index (κ3) is 2.36. The largest absolute Gasteiger partial charge is 0.391 e. The first-order valence-corrected chi connectivity index (χ1v) is 7.76. The van der Waals surface area contributed by atoms with Crippen LogP contribution in [0.2, 0.25) is 0 Å². The number of aromatic nitrogens is 2. The number of hydrogen-bond acceptors (Lipinski definition) is 5. The highest BCUT2D eigenvalue weighted by molar-refractivity contribution is 9.10. The fourth-order valence-corrected chi connectivity index (χ4v) is 3.70. The summed E-state index contributed by atoms with van der Waals surface area (Å²) in [6, 6.07) is 2.38. The van der Waals surface area contributed by atoms with E-state index in [-0.39, 0.29) is 16.2 Å². The highest BCUT2D eigenvalue weighted by Crippen LogP contribution is 2.34. The smallest absolute Gasteiger partial charge is 0.233 e. The molecule has 0 bridgehead atoms. The summed E-state index contributed by atoms with van der Waals surface area (Å²) in [4.78, 5) is 4.17. The number of aliphatic hydroxyl groups excluding tert-OH is 1. The molecule has 2 aromatic rings. The Morgan fingerprint density at radius 3 is 2.85 bits per heavy atom. The summed E-state index contributed by atoms with van der Waals surface area (Å²) in [5, 5.41) is 13.6. The molecule has 1 aliphatic rings. The van der Waals surface area contributed by atoms with Crippen LogP contribution >= 0.6 is 27.7 Å². The van der Waals surface area contributed by atoms with Crippen molar-refractivity contribution in [3.8, 4) is 11.4 Å². The predicted octanol–water partition coefficient (Wildman–Crippen LogP) is 2.97. The number of halogens is 3. The Morgan fingerprint density at radius 2 is 2.15 bits per heavy atom. The molecule has 1 N–H and O–H groups in total. The summed E-state index contributed by atoms with van der Waals surface area (Å²) in [5.74, 6) is -0.370. The third-order valence-corrected chi connectivity index (χ3v) is 5.03. The average molecular weight is 363 g/mol. The second-order valence-corrected chi connectivity index (χ2v) is 6.26. The van der Waals surface area contributed by atoms with E-state index in [4.69, 9.17) is 4.52 Å². The van der Waals surface area contributed by atoms with E-state index in [9.17, 15) is 13.9 Å². The van der Waals surface area contributed by atoms with Crippen LogP contribution in [0.1, 0.15) is 11.8 Å². The molecule has 0 spiro atoms. The van der Waals surface area contributed by atoms with Gasteiger partial charge in [-0.25, -0.2) is 8.78 Å². The number of benzene rings is 1. The number of nitrogens with zero attached hydrogens (tertiary/aromatic N) is 2.